The second kappa shape index (κ2) is 6.56. The van der Waals surface area contributed by atoms with Crippen LogP contribution in [-0.4, -0.2) is 32.5 Å². The van der Waals surface area contributed by atoms with Gasteiger partial charge < -0.3 is 14.6 Å². The van der Waals surface area contributed by atoms with E-state index in [2.05, 4.69) is 20.4 Å². The van der Waals surface area contributed by atoms with Crippen molar-refractivity contribution in [3.05, 3.63) is 59.9 Å². The lowest BCUT2D eigenvalue weighted by Crippen LogP contribution is -2.15. The number of nitrogens with zero attached hydrogens (tertiary/aromatic N) is 4. The number of ether oxygens (including phenoxy) is 1. The van der Waals surface area contributed by atoms with Crippen LogP contribution < -0.4 is 10.1 Å². The number of anilines is 1. The highest BCUT2D eigenvalue weighted by molar-refractivity contribution is 6.04. The fourth-order valence-electron chi connectivity index (χ4n) is 2.87. The highest BCUT2D eigenvalue weighted by atomic mass is 16.5. The monoisotopic (exact) mass is 363 g/mol. The maximum Gasteiger partial charge on any atom is 0.274 e. The van der Waals surface area contributed by atoms with Gasteiger partial charge in [-0.2, -0.15) is 4.98 Å². The Hall–Kier alpha value is -3.68. The Kier molecular flexibility index (Phi) is 4.08. The molecule has 4 rings (SSSR count). The molecule has 0 aliphatic rings. The molecule has 0 saturated heterocycles. The van der Waals surface area contributed by atoms with Gasteiger partial charge >= 0.3 is 0 Å². The first-order valence-electron chi connectivity index (χ1n) is 8.27. The number of aryl methyl sites for hydroxylation is 2. The van der Waals surface area contributed by atoms with Gasteiger partial charge in [0, 0.05) is 29.1 Å². The summed E-state index contributed by atoms with van der Waals surface area (Å²) in [6.45, 7) is 3.83. The highest BCUT2D eigenvalue weighted by Gasteiger charge is 2.16. The first-order valence-corrected chi connectivity index (χ1v) is 8.27. The van der Waals surface area contributed by atoms with Crippen molar-refractivity contribution in [2.24, 2.45) is 0 Å². The fourth-order valence-corrected chi connectivity index (χ4v) is 2.87. The molecular weight excluding hydrogens is 346 g/mol. The quantitative estimate of drug-likeness (QED) is 0.598. The largest absolute Gasteiger partial charge is 0.496 e. The molecule has 3 aromatic heterocycles. The van der Waals surface area contributed by atoms with Crippen LogP contribution in [0.25, 0.3) is 17.0 Å². The number of pyridine rings is 1. The molecule has 0 atom stereocenters. The van der Waals surface area contributed by atoms with E-state index in [9.17, 15) is 4.79 Å². The van der Waals surface area contributed by atoms with Crippen molar-refractivity contribution >= 4 is 17.2 Å². The zero-order chi connectivity index (χ0) is 19.0. The molecule has 8 heteroatoms. The number of hydrogen-bond donors (Lipinski definition) is 1. The Balaban J connectivity index is 1.68. The molecule has 1 amide bonds. The van der Waals surface area contributed by atoms with Gasteiger partial charge in [0.1, 0.15) is 17.1 Å². The lowest BCUT2D eigenvalue weighted by Gasteiger charge is -2.10. The number of hydrogen-bond acceptors (Lipinski definition) is 6. The van der Waals surface area contributed by atoms with E-state index in [1.165, 1.54) is 6.39 Å². The number of amides is 1. The van der Waals surface area contributed by atoms with E-state index in [0.29, 0.717) is 22.9 Å². The van der Waals surface area contributed by atoms with Crippen molar-refractivity contribution in [3.8, 4) is 17.1 Å². The molecule has 0 bridgehead atoms. The average Bonchev–Trinajstić information content (AvgIpc) is 3.32. The third kappa shape index (κ3) is 3.01. The number of fused-ring (bicyclic) bond motifs is 1. The van der Waals surface area contributed by atoms with Crippen LogP contribution in [0.3, 0.4) is 0 Å². The van der Waals surface area contributed by atoms with Crippen LogP contribution in [0.4, 0.5) is 5.69 Å². The van der Waals surface area contributed by atoms with Crippen molar-refractivity contribution in [1.82, 2.24) is 19.5 Å². The standard InChI is InChI=1S/C19H17N5O3/c1-11-4-5-13(18-21-10-27-23-18)6-14(11)22-19(25)15-8-20-17-7-16(26-3)12(2)9-24(15)17/h4-10H,1-3H3,(H,22,25). The predicted molar refractivity (Wildman–Crippen MR) is 98.9 cm³/mol. The van der Waals surface area contributed by atoms with Gasteiger partial charge in [0.15, 0.2) is 0 Å². The minimum atomic E-state index is -0.263. The Morgan fingerprint density at radius 2 is 2.04 bits per heavy atom. The summed E-state index contributed by atoms with van der Waals surface area (Å²) in [5, 5.41) is 6.77. The van der Waals surface area contributed by atoms with Crippen LogP contribution >= 0.6 is 0 Å². The van der Waals surface area contributed by atoms with Gasteiger partial charge in [-0.25, -0.2) is 4.98 Å². The molecular formula is C19H17N5O3. The number of methoxy groups -OCH3 is 1. The van der Waals surface area contributed by atoms with E-state index < -0.39 is 0 Å². The molecule has 0 unspecified atom stereocenters. The minimum Gasteiger partial charge on any atom is -0.496 e. The molecule has 3 heterocycles. The maximum atomic E-state index is 12.9. The number of aromatic nitrogens is 4. The van der Waals surface area contributed by atoms with Crippen LogP contribution in [0, 0.1) is 13.8 Å². The third-order valence-electron chi connectivity index (χ3n) is 4.35. The van der Waals surface area contributed by atoms with Gasteiger partial charge in [0.05, 0.1) is 13.3 Å². The fraction of sp³-hybridized carbons (Fsp3) is 0.158. The molecule has 0 spiro atoms. The number of imidazole rings is 1. The number of benzene rings is 1. The molecule has 8 nitrogen and oxygen atoms in total. The summed E-state index contributed by atoms with van der Waals surface area (Å²) in [5.41, 5.74) is 4.32. The zero-order valence-corrected chi connectivity index (χ0v) is 15.1. The van der Waals surface area contributed by atoms with Crippen LogP contribution in [0.15, 0.2) is 47.6 Å². The molecule has 1 N–H and O–H groups in total. The number of rotatable bonds is 4. The summed E-state index contributed by atoms with van der Waals surface area (Å²) in [6.07, 6.45) is 4.64. The Labute approximate surface area is 154 Å². The molecule has 4 aromatic rings. The number of carbonyl (C=O) groups excluding carboxylic acids is 1. The maximum absolute atomic E-state index is 12.9. The van der Waals surface area contributed by atoms with Gasteiger partial charge in [0.25, 0.3) is 5.91 Å². The van der Waals surface area contributed by atoms with E-state index in [1.54, 1.807) is 23.8 Å². The highest BCUT2D eigenvalue weighted by Crippen LogP contribution is 2.24. The molecule has 0 aliphatic carbocycles. The second-order valence-electron chi connectivity index (χ2n) is 6.14. The van der Waals surface area contributed by atoms with Crippen LogP contribution in [0.1, 0.15) is 21.6 Å². The van der Waals surface area contributed by atoms with E-state index in [1.807, 2.05) is 38.2 Å². The molecule has 136 valence electrons. The van der Waals surface area contributed by atoms with Crippen molar-refractivity contribution in [3.63, 3.8) is 0 Å². The zero-order valence-electron chi connectivity index (χ0n) is 15.1. The van der Waals surface area contributed by atoms with Crippen LogP contribution in [-0.2, 0) is 0 Å². The second-order valence-corrected chi connectivity index (χ2v) is 6.14. The Bertz CT molecular complexity index is 1130. The van der Waals surface area contributed by atoms with Crippen molar-refractivity contribution in [2.75, 3.05) is 12.4 Å². The molecule has 0 fully saturated rings. The van der Waals surface area contributed by atoms with Gasteiger partial charge in [-0.15, -0.1) is 0 Å². The first-order chi connectivity index (χ1) is 13.1. The minimum absolute atomic E-state index is 0.263. The summed E-state index contributed by atoms with van der Waals surface area (Å²) < 4.78 is 11.8. The number of carbonyl (C=O) groups is 1. The smallest absolute Gasteiger partial charge is 0.274 e. The molecule has 27 heavy (non-hydrogen) atoms. The third-order valence-corrected chi connectivity index (χ3v) is 4.35. The summed E-state index contributed by atoms with van der Waals surface area (Å²) in [6, 6.07) is 7.38. The van der Waals surface area contributed by atoms with E-state index in [-0.39, 0.29) is 5.91 Å². The summed E-state index contributed by atoms with van der Waals surface area (Å²) in [7, 11) is 1.61. The van der Waals surface area contributed by atoms with Crippen LogP contribution in [0.5, 0.6) is 5.75 Å². The van der Waals surface area contributed by atoms with Gasteiger partial charge in [-0.1, -0.05) is 17.3 Å². The normalized spacial score (nSPS) is 10.9. The van der Waals surface area contributed by atoms with Crippen molar-refractivity contribution in [1.29, 1.82) is 0 Å². The summed E-state index contributed by atoms with van der Waals surface area (Å²) in [5.74, 6) is 0.923. The average molecular weight is 363 g/mol. The topological polar surface area (TPSA) is 94.5 Å². The molecule has 0 aliphatic heterocycles. The lowest BCUT2D eigenvalue weighted by molar-refractivity contribution is 0.102. The molecule has 0 saturated carbocycles. The first kappa shape index (κ1) is 16.8. The van der Waals surface area contributed by atoms with E-state index in [0.717, 1.165) is 22.4 Å². The van der Waals surface area contributed by atoms with Crippen molar-refractivity contribution < 1.29 is 14.1 Å². The van der Waals surface area contributed by atoms with E-state index >= 15 is 0 Å². The molecule has 1 aromatic carbocycles. The predicted octanol–water partition coefficient (Wildman–Crippen LogP) is 3.26. The summed E-state index contributed by atoms with van der Waals surface area (Å²) in [4.78, 5) is 21.2. The number of nitrogens with one attached hydrogen (secondary N) is 1. The Morgan fingerprint density at radius 1 is 1.19 bits per heavy atom. The van der Waals surface area contributed by atoms with Crippen LogP contribution in [0.2, 0.25) is 0 Å². The van der Waals surface area contributed by atoms with E-state index in [4.69, 9.17) is 9.26 Å². The van der Waals surface area contributed by atoms with Gasteiger partial charge in [-0.05, 0) is 25.5 Å². The Morgan fingerprint density at radius 3 is 2.78 bits per heavy atom. The lowest BCUT2D eigenvalue weighted by atomic mass is 10.1. The van der Waals surface area contributed by atoms with Crippen molar-refractivity contribution in [2.45, 2.75) is 13.8 Å². The SMILES string of the molecule is COc1cc2ncc(C(=O)Nc3cc(-c4ncon4)ccc3C)n2cc1C. The van der Waals surface area contributed by atoms with Gasteiger partial charge in [-0.3, -0.25) is 9.20 Å². The summed E-state index contributed by atoms with van der Waals surface area (Å²) >= 11 is 0. The molecule has 0 radical (unpaired) electrons. The van der Waals surface area contributed by atoms with Gasteiger partial charge in [0.2, 0.25) is 12.2 Å².